The number of hydrogen-bond donors (Lipinski definition) is 1. The third-order valence-corrected chi connectivity index (χ3v) is 3.09. The number of pyridine rings is 1. The van der Waals surface area contributed by atoms with E-state index in [0.29, 0.717) is 0 Å². The van der Waals surface area contributed by atoms with Crippen molar-refractivity contribution in [3.8, 4) is 5.75 Å². The number of amides is 1. The Morgan fingerprint density at radius 2 is 2.04 bits per heavy atom. The molecule has 1 N–H and O–H groups in total. The highest BCUT2D eigenvalue weighted by Crippen LogP contribution is 2.22. The summed E-state index contributed by atoms with van der Waals surface area (Å²) in [4.78, 5) is 27.6. The fourth-order valence-electron chi connectivity index (χ4n) is 2.07. The summed E-state index contributed by atoms with van der Waals surface area (Å²) in [5.41, 5.74) is -0.783. The number of carbonyl (C=O) groups excluding carboxylic acids is 1. The first-order valence-electron chi connectivity index (χ1n) is 7.14. The lowest BCUT2D eigenvalue weighted by Crippen LogP contribution is -2.36. The quantitative estimate of drug-likeness (QED) is 0.915. The molecule has 0 aliphatic carbocycles. The number of alkyl halides is 1. The summed E-state index contributed by atoms with van der Waals surface area (Å²) in [6, 6.07) is 2.67. The molecule has 8 heteroatoms. The van der Waals surface area contributed by atoms with Crippen LogP contribution in [0.15, 0.2) is 18.3 Å². The summed E-state index contributed by atoms with van der Waals surface area (Å²) in [7, 11) is 0. The van der Waals surface area contributed by atoms with Crippen LogP contribution in [-0.4, -0.2) is 58.0 Å². The largest absolute Gasteiger partial charge is 0.484 e. The second kappa shape index (κ2) is 6.39. The van der Waals surface area contributed by atoms with Crippen LogP contribution in [0.25, 0.3) is 0 Å². The van der Waals surface area contributed by atoms with Gasteiger partial charge in [0.05, 0.1) is 19.3 Å². The van der Waals surface area contributed by atoms with Crippen LogP contribution in [0.4, 0.5) is 9.18 Å². The Bertz CT molecular complexity index is 585. The number of rotatable bonds is 3. The summed E-state index contributed by atoms with van der Waals surface area (Å²) in [6.07, 6.45) is -1.58. The normalized spacial score (nSPS) is 21.1. The first-order chi connectivity index (χ1) is 10.7. The number of hydrogen-bond acceptors (Lipinski definition) is 5. The number of nitrogens with zero attached hydrogens (tertiary/aromatic N) is 2. The third kappa shape index (κ3) is 4.54. The molecule has 1 aliphatic rings. The maximum absolute atomic E-state index is 14.0. The molecule has 1 aromatic heterocycles. The number of carboxylic acids is 1. The van der Waals surface area contributed by atoms with Crippen LogP contribution in [0.2, 0.25) is 0 Å². The first kappa shape index (κ1) is 17.0. The maximum atomic E-state index is 14.0. The van der Waals surface area contributed by atoms with Crippen molar-refractivity contribution in [2.45, 2.75) is 38.6 Å². The fourth-order valence-corrected chi connectivity index (χ4v) is 2.07. The van der Waals surface area contributed by atoms with Crippen molar-refractivity contribution in [3.05, 3.63) is 24.0 Å². The van der Waals surface area contributed by atoms with Crippen molar-refractivity contribution in [1.29, 1.82) is 0 Å². The highest BCUT2D eigenvalue weighted by atomic mass is 19.1. The molecule has 1 aliphatic heterocycles. The van der Waals surface area contributed by atoms with Crippen molar-refractivity contribution < 1.29 is 28.6 Å². The molecule has 2 rings (SSSR count). The van der Waals surface area contributed by atoms with Crippen molar-refractivity contribution in [2.75, 3.05) is 13.1 Å². The number of aromatic nitrogens is 1. The van der Waals surface area contributed by atoms with E-state index in [0.717, 1.165) is 0 Å². The smallest absolute Gasteiger partial charge is 0.410 e. The van der Waals surface area contributed by atoms with Crippen molar-refractivity contribution in [3.63, 3.8) is 0 Å². The number of ether oxygens (including phenoxy) is 2. The second-order valence-corrected chi connectivity index (χ2v) is 6.24. The van der Waals surface area contributed by atoms with Crippen molar-refractivity contribution in [1.82, 2.24) is 9.88 Å². The van der Waals surface area contributed by atoms with Crippen LogP contribution in [0.5, 0.6) is 5.75 Å². The Labute approximate surface area is 133 Å². The van der Waals surface area contributed by atoms with E-state index in [1.165, 1.54) is 23.2 Å². The van der Waals surface area contributed by atoms with Gasteiger partial charge >= 0.3 is 12.1 Å². The Kier molecular flexibility index (Phi) is 4.72. The predicted octanol–water partition coefficient (Wildman–Crippen LogP) is 2.12. The van der Waals surface area contributed by atoms with E-state index in [2.05, 4.69) is 4.98 Å². The van der Waals surface area contributed by atoms with E-state index in [1.807, 2.05) is 0 Å². The second-order valence-electron chi connectivity index (χ2n) is 6.24. The van der Waals surface area contributed by atoms with E-state index in [4.69, 9.17) is 14.6 Å². The average Bonchev–Trinajstić information content (AvgIpc) is 2.79. The summed E-state index contributed by atoms with van der Waals surface area (Å²) in [6.45, 7) is 5.14. The molecular weight excluding hydrogens is 307 g/mol. The highest BCUT2D eigenvalue weighted by molar-refractivity contribution is 5.85. The average molecular weight is 326 g/mol. The van der Waals surface area contributed by atoms with Gasteiger partial charge in [-0.1, -0.05) is 0 Å². The zero-order valence-corrected chi connectivity index (χ0v) is 13.2. The van der Waals surface area contributed by atoms with Gasteiger partial charge in [-0.15, -0.1) is 0 Å². The minimum atomic E-state index is -1.36. The summed E-state index contributed by atoms with van der Waals surface area (Å²) < 4.78 is 24.7. The van der Waals surface area contributed by atoms with Crippen LogP contribution in [0.1, 0.15) is 31.3 Å². The Morgan fingerprint density at radius 3 is 2.57 bits per heavy atom. The van der Waals surface area contributed by atoms with Gasteiger partial charge in [0.1, 0.15) is 23.1 Å². The van der Waals surface area contributed by atoms with E-state index in [-0.39, 0.29) is 24.5 Å². The van der Waals surface area contributed by atoms with Gasteiger partial charge in [0.2, 0.25) is 0 Å². The molecule has 0 spiro atoms. The van der Waals surface area contributed by atoms with E-state index >= 15 is 0 Å². The molecular formula is C15H19FN2O5. The van der Waals surface area contributed by atoms with Crippen molar-refractivity contribution in [2.24, 2.45) is 0 Å². The molecule has 2 atom stereocenters. The SMILES string of the molecule is CC(C)(C)OC(=O)N1C[C@@H](F)[C@H](Oc2ccc(C(=O)O)nc2)C1. The molecule has 0 radical (unpaired) electrons. The van der Waals surface area contributed by atoms with E-state index in [9.17, 15) is 14.0 Å². The van der Waals surface area contributed by atoms with Gasteiger partial charge in [0.25, 0.3) is 0 Å². The van der Waals surface area contributed by atoms with Crippen LogP contribution in [-0.2, 0) is 4.74 Å². The summed E-state index contributed by atoms with van der Waals surface area (Å²) in [5, 5.41) is 8.77. The van der Waals surface area contributed by atoms with Gasteiger partial charge in [-0.05, 0) is 32.9 Å². The van der Waals surface area contributed by atoms with Gasteiger partial charge in [-0.25, -0.2) is 19.0 Å². The number of halogens is 1. The Hall–Kier alpha value is -2.38. The molecule has 1 fully saturated rings. The lowest BCUT2D eigenvalue weighted by atomic mass is 10.2. The van der Waals surface area contributed by atoms with Crippen LogP contribution < -0.4 is 4.74 Å². The maximum Gasteiger partial charge on any atom is 0.410 e. The van der Waals surface area contributed by atoms with Crippen LogP contribution in [0.3, 0.4) is 0 Å². The molecule has 1 saturated heterocycles. The van der Waals surface area contributed by atoms with E-state index in [1.54, 1.807) is 20.8 Å². The lowest BCUT2D eigenvalue weighted by molar-refractivity contribution is 0.0273. The Balaban J connectivity index is 1.96. The van der Waals surface area contributed by atoms with Gasteiger partial charge in [0, 0.05) is 0 Å². The minimum absolute atomic E-state index is 0.0523. The number of carboxylic acid groups (broad SMARTS) is 1. The monoisotopic (exact) mass is 326 g/mol. The molecule has 126 valence electrons. The lowest BCUT2D eigenvalue weighted by Gasteiger charge is -2.24. The van der Waals surface area contributed by atoms with Gasteiger partial charge in [-0.2, -0.15) is 0 Å². The number of likely N-dealkylation sites (tertiary alicyclic amines) is 1. The van der Waals surface area contributed by atoms with Gasteiger partial charge < -0.3 is 19.5 Å². The van der Waals surface area contributed by atoms with Gasteiger partial charge in [0.15, 0.2) is 6.17 Å². The minimum Gasteiger partial charge on any atom is -0.484 e. The highest BCUT2D eigenvalue weighted by Gasteiger charge is 2.39. The number of carbonyl (C=O) groups is 2. The molecule has 23 heavy (non-hydrogen) atoms. The summed E-state index contributed by atoms with van der Waals surface area (Å²) in [5.74, 6) is -0.912. The van der Waals surface area contributed by atoms with Gasteiger partial charge in [-0.3, -0.25) is 0 Å². The number of aromatic carboxylic acids is 1. The molecule has 0 saturated carbocycles. The fraction of sp³-hybridized carbons (Fsp3) is 0.533. The molecule has 7 nitrogen and oxygen atoms in total. The molecule has 1 amide bonds. The topological polar surface area (TPSA) is 89.0 Å². The summed E-state index contributed by atoms with van der Waals surface area (Å²) >= 11 is 0. The third-order valence-electron chi connectivity index (χ3n) is 3.09. The molecule has 0 unspecified atom stereocenters. The standard InChI is InChI=1S/C15H19FN2O5/c1-15(2,3)23-14(21)18-7-10(16)12(8-18)22-9-4-5-11(13(19)20)17-6-9/h4-6,10,12H,7-8H2,1-3H3,(H,19,20)/t10-,12-/m1/s1. The molecule has 0 bridgehead atoms. The van der Waals surface area contributed by atoms with Crippen molar-refractivity contribution >= 4 is 12.1 Å². The molecule has 1 aromatic rings. The first-order valence-corrected chi connectivity index (χ1v) is 7.14. The molecule has 2 heterocycles. The van der Waals surface area contributed by atoms with E-state index < -0.39 is 29.9 Å². The predicted molar refractivity (Wildman–Crippen MR) is 78.3 cm³/mol. The Morgan fingerprint density at radius 1 is 1.35 bits per heavy atom. The van der Waals surface area contributed by atoms with Crippen LogP contribution in [0, 0.1) is 0 Å². The van der Waals surface area contributed by atoms with Crippen LogP contribution >= 0.6 is 0 Å². The molecule has 0 aromatic carbocycles. The zero-order chi connectivity index (χ0) is 17.2. The zero-order valence-electron chi connectivity index (χ0n) is 13.2.